The Kier molecular flexibility index (Phi) is 9.82. The highest BCUT2D eigenvalue weighted by Gasteiger charge is 2.33. The molecule has 0 spiro atoms. The van der Waals surface area contributed by atoms with E-state index in [1.165, 1.54) is 51.4 Å². The Labute approximate surface area is 138 Å². The first-order valence-corrected chi connectivity index (χ1v) is 9.74. The quantitative estimate of drug-likeness (QED) is 0.358. The standard InChI is InChI=1S/C20H38O2/c1-5-6-7-8-9-10-11-12-20(21)22-19-15-17(4)13-14-18(19)16(2)3/h16-19H,5-15H2,1-4H3/t17-,18+,19-/m1/s1. The summed E-state index contributed by atoms with van der Waals surface area (Å²) in [5.41, 5.74) is 0. The van der Waals surface area contributed by atoms with Crippen LogP contribution in [0.4, 0.5) is 0 Å². The first-order valence-electron chi connectivity index (χ1n) is 9.74. The Balaban J connectivity index is 2.19. The maximum Gasteiger partial charge on any atom is 0.306 e. The van der Waals surface area contributed by atoms with Crippen LogP contribution in [-0.4, -0.2) is 12.1 Å². The number of carbonyl (C=O) groups is 1. The summed E-state index contributed by atoms with van der Waals surface area (Å²) in [4.78, 5) is 12.1. The van der Waals surface area contributed by atoms with Crippen LogP contribution in [0.1, 0.15) is 98.3 Å². The van der Waals surface area contributed by atoms with Gasteiger partial charge in [0.05, 0.1) is 0 Å². The van der Waals surface area contributed by atoms with Crippen LogP contribution in [0.2, 0.25) is 0 Å². The summed E-state index contributed by atoms with van der Waals surface area (Å²) in [7, 11) is 0. The maximum atomic E-state index is 12.1. The third-order valence-corrected chi connectivity index (χ3v) is 5.23. The molecule has 2 heteroatoms. The molecule has 0 saturated heterocycles. The van der Waals surface area contributed by atoms with Crippen LogP contribution in [-0.2, 0) is 9.53 Å². The Morgan fingerprint density at radius 1 is 1.05 bits per heavy atom. The molecule has 1 fully saturated rings. The molecule has 0 radical (unpaired) electrons. The van der Waals surface area contributed by atoms with Gasteiger partial charge in [-0.25, -0.2) is 0 Å². The van der Waals surface area contributed by atoms with Crippen molar-refractivity contribution in [3.8, 4) is 0 Å². The molecule has 0 aromatic carbocycles. The lowest BCUT2D eigenvalue weighted by Crippen LogP contribution is -2.35. The van der Waals surface area contributed by atoms with Gasteiger partial charge in [0.25, 0.3) is 0 Å². The fraction of sp³-hybridized carbons (Fsp3) is 0.950. The van der Waals surface area contributed by atoms with Gasteiger partial charge in [0.1, 0.15) is 6.10 Å². The molecule has 1 saturated carbocycles. The molecular weight excluding hydrogens is 272 g/mol. The van der Waals surface area contributed by atoms with Crippen molar-refractivity contribution in [2.75, 3.05) is 0 Å². The number of carbonyl (C=O) groups excluding carboxylic acids is 1. The summed E-state index contributed by atoms with van der Waals surface area (Å²) in [6, 6.07) is 0. The second-order valence-corrected chi connectivity index (χ2v) is 7.73. The van der Waals surface area contributed by atoms with Gasteiger partial charge < -0.3 is 4.74 Å². The molecule has 22 heavy (non-hydrogen) atoms. The van der Waals surface area contributed by atoms with Gasteiger partial charge in [-0.2, -0.15) is 0 Å². The summed E-state index contributed by atoms with van der Waals surface area (Å²) >= 11 is 0. The smallest absolute Gasteiger partial charge is 0.306 e. The average Bonchev–Trinajstić information content (AvgIpc) is 2.46. The van der Waals surface area contributed by atoms with Crippen LogP contribution >= 0.6 is 0 Å². The molecule has 1 rings (SSSR count). The topological polar surface area (TPSA) is 26.3 Å². The predicted octanol–water partition coefficient (Wildman–Crippen LogP) is 6.13. The zero-order chi connectivity index (χ0) is 16.4. The highest BCUT2D eigenvalue weighted by molar-refractivity contribution is 5.69. The van der Waals surface area contributed by atoms with Crippen molar-refractivity contribution in [1.29, 1.82) is 0 Å². The highest BCUT2D eigenvalue weighted by Crippen LogP contribution is 2.35. The molecule has 0 aromatic heterocycles. The number of unbranched alkanes of at least 4 members (excludes halogenated alkanes) is 6. The van der Waals surface area contributed by atoms with Gasteiger partial charge in [-0.1, -0.05) is 72.6 Å². The largest absolute Gasteiger partial charge is 0.462 e. The summed E-state index contributed by atoms with van der Waals surface area (Å²) in [5.74, 6) is 1.92. The monoisotopic (exact) mass is 310 g/mol. The number of hydrogen-bond acceptors (Lipinski definition) is 2. The Morgan fingerprint density at radius 2 is 1.68 bits per heavy atom. The second kappa shape index (κ2) is 11.1. The van der Waals surface area contributed by atoms with Crippen molar-refractivity contribution in [3.63, 3.8) is 0 Å². The second-order valence-electron chi connectivity index (χ2n) is 7.73. The lowest BCUT2D eigenvalue weighted by molar-refractivity contribution is -0.156. The predicted molar refractivity (Wildman–Crippen MR) is 93.8 cm³/mol. The summed E-state index contributed by atoms with van der Waals surface area (Å²) in [5, 5.41) is 0. The van der Waals surface area contributed by atoms with E-state index in [-0.39, 0.29) is 12.1 Å². The molecule has 0 N–H and O–H groups in total. The first kappa shape index (κ1) is 19.5. The number of esters is 1. The third kappa shape index (κ3) is 7.65. The zero-order valence-electron chi connectivity index (χ0n) is 15.4. The molecule has 0 heterocycles. The van der Waals surface area contributed by atoms with Crippen molar-refractivity contribution in [1.82, 2.24) is 0 Å². The molecular formula is C20H38O2. The molecule has 1 aliphatic carbocycles. The van der Waals surface area contributed by atoms with E-state index < -0.39 is 0 Å². The van der Waals surface area contributed by atoms with Gasteiger partial charge in [-0.3, -0.25) is 4.79 Å². The Bertz CT molecular complexity index is 298. The summed E-state index contributed by atoms with van der Waals surface area (Å²) in [6.45, 7) is 9.05. The molecule has 2 nitrogen and oxygen atoms in total. The molecule has 0 unspecified atom stereocenters. The fourth-order valence-electron chi connectivity index (χ4n) is 3.70. The van der Waals surface area contributed by atoms with Crippen LogP contribution in [0.15, 0.2) is 0 Å². The lowest BCUT2D eigenvalue weighted by atomic mass is 9.75. The number of rotatable bonds is 10. The Morgan fingerprint density at radius 3 is 2.32 bits per heavy atom. The summed E-state index contributed by atoms with van der Waals surface area (Å²) < 4.78 is 5.84. The molecule has 0 aliphatic heterocycles. The highest BCUT2D eigenvalue weighted by atomic mass is 16.5. The Hall–Kier alpha value is -0.530. The molecule has 0 amide bonds. The van der Waals surface area contributed by atoms with Crippen LogP contribution in [0.3, 0.4) is 0 Å². The van der Waals surface area contributed by atoms with Gasteiger partial charge in [0.2, 0.25) is 0 Å². The van der Waals surface area contributed by atoms with Gasteiger partial charge >= 0.3 is 5.97 Å². The molecule has 3 atom stereocenters. The van der Waals surface area contributed by atoms with Gasteiger partial charge in [-0.15, -0.1) is 0 Å². The fourth-order valence-corrected chi connectivity index (χ4v) is 3.70. The van der Waals surface area contributed by atoms with E-state index in [0.717, 1.165) is 12.8 Å². The van der Waals surface area contributed by atoms with Gasteiger partial charge in [0.15, 0.2) is 0 Å². The minimum atomic E-state index is 0.0401. The summed E-state index contributed by atoms with van der Waals surface area (Å²) in [6.07, 6.45) is 13.1. The van der Waals surface area contributed by atoms with Gasteiger partial charge in [0, 0.05) is 6.42 Å². The van der Waals surface area contributed by atoms with Crippen LogP contribution in [0.5, 0.6) is 0 Å². The van der Waals surface area contributed by atoms with Crippen molar-refractivity contribution in [2.24, 2.45) is 17.8 Å². The lowest BCUT2D eigenvalue weighted by Gasteiger charge is -2.36. The zero-order valence-corrected chi connectivity index (χ0v) is 15.4. The minimum absolute atomic E-state index is 0.0401. The van der Waals surface area contributed by atoms with E-state index >= 15 is 0 Å². The van der Waals surface area contributed by atoms with Crippen LogP contribution in [0, 0.1) is 17.8 Å². The third-order valence-electron chi connectivity index (χ3n) is 5.23. The van der Waals surface area contributed by atoms with E-state index in [2.05, 4.69) is 27.7 Å². The average molecular weight is 311 g/mol. The van der Waals surface area contributed by atoms with Crippen molar-refractivity contribution >= 4 is 5.97 Å². The van der Waals surface area contributed by atoms with Gasteiger partial charge in [-0.05, 0) is 37.0 Å². The molecule has 0 aromatic rings. The minimum Gasteiger partial charge on any atom is -0.462 e. The molecule has 1 aliphatic rings. The SMILES string of the molecule is CCCCCCCCCC(=O)O[C@@H]1C[C@H](C)CC[C@H]1C(C)C. The number of ether oxygens (including phenoxy) is 1. The van der Waals surface area contributed by atoms with Crippen LogP contribution in [0.25, 0.3) is 0 Å². The molecule has 130 valence electrons. The maximum absolute atomic E-state index is 12.1. The van der Waals surface area contributed by atoms with E-state index in [4.69, 9.17) is 4.74 Å². The van der Waals surface area contributed by atoms with E-state index in [0.29, 0.717) is 24.2 Å². The van der Waals surface area contributed by atoms with Crippen LogP contribution < -0.4 is 0 Å². The number of hydrogen-bond donors (Lipinski definition) is 0. The van der Waals surface area contributed by atoms with Crippen molar-refractivity contribution < 1.29 is 9.53 Å². The van der Waals surface area contributed by atoms with E-state index in [1.54, 1.807) is 0 Å². The van der Waals surface area contributed by atoms with Crippen molar-refractivity contribution in [3.05, 3.63) is 0 Å². The van der Waals surface area contributed by atoms with Crippen molar-refractivity contribution in [2.45, 2.75) is 104 Å². The van der Waals surface area contributed by atoms with E-state index in [1.807, 2.05) is 0 Å². The molecule has 0 bridgehead atoms. The first-order chi connectivity index (χ1) is 10.5. The normalized spacial score (nSPS) is 25.4. The van der Waals surface area contributed by atoms with E-state index in [9.17, 15) is 4.79 Å².